The van der Waals surface area contributed by atoms with Crippen molar-refractivity contribution in [1.29, 1.82) is 0 Å². The summed E-state index contributed by atoms with van der Waals surface area (Å²) >= 11 is 10.2. The molecule has 0 spiro atoms. The first-order valence-electron chi connectivity index (χ1n) is 8.38. The van der Waals surface area contributed by atoms with Crippen LogP contribution in [0.2, 0.25) is 0 Å². The van der Waals surface area contributed by atoms with E-state index in [-0.39, 0.29) is 0 Å². The van der Waals surface area contributed by atoms with Gasteiger partial charge in [0.25, 0.3) is 10.1 Å². The van der Waals surface area contributed by atoms with Crippen LogP contribution in [0.4, 0.5) is 5.69 Å². The topological polar surface area (TPSA) is 57.6 Å². The van der Waals surface area contributed by atoms with Gasteiger partial charge in [0.2, 0.25) is 0 Å². The smallest absolute Gasteiger partial charge is 0.269 e. The molecule has 0 saturated carbocycles. The molecule has 0 atom stereocenters. The molecule has 1 aliphatic rings. The standard InChI is InChI=1S/C19H15Br2NO3S3/c1-2-22-15-8-12(21)4-6-17(15)27-19(22)9-18-14(10-28(23,24)25)13-7-11(20)3-5-16(13)26-18/h3-9H,2,10H2,1H3,(H,23,24,25). The van der Waals surface area contributed by atoms with Crippen molar-refractivity contribution in [2.75, 3.05) is 11.4 Å². The molecule has 0 bridgehead atoms. The highest BCUT2D eigenvalue weighted by Gasteiger charge is 2.25. The minimum atomic E-state index is -4.15. The highest BCUT2D eigenvalue weighted by atomic mass is 79.9. The Morgan fingerprint density at radius 1 is 1.14 bits per heavy atom. The molecule has 9 heteroatoms. The summed E-state index contributed by atoms with van der Waals surface area (Å²) in [6, 6.07) is 12.0. The summed E-state index contributed by atoms with van der Waals surface area (Å²) in [5, 5.41) is 1.88. The molecule has 1 aliphatic heterocycles. The van der Waals surface area contributed by atoms with E-state index in [0.29, 0.717) is 5.56 Å². The van der Waals surface area contributed by atoms with Gasteiger partial charge in [0, 0.05) is 30.0 Å². The number of rotatable bonds is 4. The first kappa shape index (κ1) is 20.4. The van der Waals surface area contributed by atoms with Gasteiger partial charge < -0.3 is 4.90 Å². The molecular weight excluding hydrogens is 546 g/mol. The molecule has 146 valence electrons. The van der Waals surface area contributed by atoms with Crippen molar-refractivity contribution in [2.45, 2.75) is 17.6 Å². The van der Waals surface area contributed by atoms with Gasteiger partial charge in [-0.05, 0) is 60.3 Å². The van der Waals surface area contributed by atoms with Crippen LogP contribution in [-0.2, 0) is 15.9 Å². The zero-order valence-corrected chi connectivity index (χ0v) is 20.3. The molecule has 2 heterocycles. The summed E-state index contributed by atoms with van der Waals surface area (Å²) in [5.41, 5.74) is 1.76. The molecule has 0 unspecified atom stereocenters. The molecular formula is C19H15Br2NO3S3. The lowest BCUT2D eigenvalue weighted by Crippen LogP contribution is -2.16. The molecule has 1 aromatic heterocycles. The fourth-order valence-corrected chi connectivity index (χ4v) is 7.05. The van der Waals surface area contributed by atoms with Crippen molar-refractivity contribution in [3.63, 3.8) is 0 Å². The van der Waals surface area contributed by atoms with E-state index in [2.05, 4.69) is 55.8 Å². The summed E-state index contributed by atoms with van der Waals surface area (Å²) in [6.45, 7) is 2.89. The number of anilines is 1. The van der Waals surface area contributed by atoms with E-state index in [1.54, 1.807) is 11.8 Å². The Bertz CT molecular complexity index is 1220. The number of hydrogen-bond acceptors (Lipinski definition) is 5. The van der Waals surface area contributed by atoms with Gasteiger partial charge in [-0.25, -0.2) is 0 Å². The maximum atomic E-state index is 11.7. The molecule has 4 nitrogen and oxygen atoms in total. The van der Waals surface area contributed by atoms with Crippen LogP contribution in [-0.4, -0.2) is 19.5 Å². The van der Waals surface area contributed by atoms with E-state index in [0.717, 1.165) is 46.1 Å². The average molecular weight is 561 g/mol. The van der Waals surface area contributed by atoms with Gasteiger partial charge >= 0.3 is 0 Å². The van der Waals surface area contributed by atoms with Crippen molar-refractivity contribution < 1.29 is 13.0 Å². The second-order valence-electron chi connectivity index (χ2n) is 6.25. The lowest BCUT2D eigenvalue weighted by Gasteiger charge is -2.18. The molecule has 28 heavy (non-hydrogen) atoms. The first-order valence-corrected chi connectivity index (χ1v) is 13.2. The van der Waals surface area contributed by atoms with Crippen LogP contribution >= 0.6 is 55.0 Å². The van der Waals surface area contributed by atoms with E-state index in [9.17, 15) is 13.0 Å². The number of hydrogen-bond donors (Lipinski definition) is 1. The summed E-state index contributed by atoms with van der Waals surface area (Å²) in [5.74, 6) is -0.405. The summed E-state index contributed by atoms with van der Waals surface area (Å²) in [6.07, 6.45) is 2.03. The van der Waals surface area contributed by atoms with Crippen LogP contribution in [0.25, 0.3) is 16.2 Å². The highest BCUT2D eigenvalue weighted by Crippen LogP contribution is 2.48. The van der Waals surface area contributed by atoms with Crippen LogP contribution in [0.15, 0.2) is 55.3 Å². The highest BCUT2D eigenvalue weighted by molar-refractivity contribution is 9.10. The molecule has 0 fully saturated rings. The van der Waals surface area contributed by atoms with Crippen molar-refractivity contribution >= 4 is 86.9 Å². The number of halogens is 2. The lowest BCUT2D eigenvalue weighted by atomic mass is 10.1. The number of benzene rings is 2. The van der Waals surface area contributed by atoms with Crippen LogP contribution in [0.1, 0.15) is 17.4 Å². The molecule has 3 aromatic rings. The molecule has 4 rings (SSSR count). The fourth-order valence-electron chi connectivity index (χ4n) is 3.21. The number of thioether (sulfide) groups is 1. The van der Waals surface area contributed by atoms with Crippen molar-refractivity contribution in [1.82, 2.24) is 0 Å². The largest absolute Gasteiger partial charge is 0.335 e. The van der Waals surface area contributed by atoms with Gasteiger partial charge in [-0.2, -0.15) is 8.42 Å². The predicted molar refractivity (Wildman–Crippen MR) is 126 cm³/mol. The number of fused-ring (bicyclic) bond motifs is 2. The zero-order chi connectivity index (χ0) is 20.1. The first-order chi connectivity index (χ1) is 13.2. The van der Waals surface area contributed by atoms with Gasteiger partial charge in [0.05, 0.1) is 10.7 Å². The van der Waals surface area contributed by atoms with Crippen molar-refractivity contribution in [3.8, 4) is 0 Å². The van der Waals surface area contributed by atoms with E-state index in [1.807, 2.05) is 30.3 Å². The Labute approximate surface area is 188 Å². The van der Waals surface area contributed by atoms with Gasteiger partial charge in [0.1, 0.15) is 5.75 Å². The Kier molecular flexibility index (Phi) is 5.67. The second kappa shape index (κ2) is 7.77. The van der Waals surface area contributed by atoms with Crippen molar-refractivity contribution in [3.05, 3.63) is 60.8 Å². The predicted octanol–water partition coefficient (Wildman–Crippen LogP) is 6.74. The minimum absolute atomic E-state index is 0.405. The monoisotopic (exact) mass is 559 g/mol. The average Bonchev–Trinajstić information content (AvgIpc) is 3.11. The molecule has 0 amide bonds. The number of nitrogens with zero attached hydrogens (tertiary/aromatic N) is 1. The maximum Gasteiger partial charge on any atom is 0.269 e. The minimum Gasteiger partial charge on any atom is -0.335 e. The Morgan fingerprint density at radius 2 is 1.86 bits per heavy atom. The molecule has 0 aliphatic carbocycles. The molecule has 2 aromatic carbocycles. The third-order valence-electron chi connectivity index (χ3n) is 4.37. The fraction of sp³-hybridized carbons (Fsp3) is 0.158. The van der Waals surface area contributed by atoms with E-state index in [1.165, 1.54) is 11.3 Å². The Hall–Kier alpha value is -0.840. The Balaban J connectivity index is 1.86. The van der Waals surface area contributed by atoms with E-state index in [4.69, 9.17) is 0 Å². The van der Waals surface area contributed by atoms with Gasteiger partial charge in [-0.15, -0.1) is 11.3 Å². The molecule has 0 radical (unpaired) electrons. The summed E-state index contributed by atoms with van der Waals surface area (Å²) in [4.78, 5) is 4.22. The molecule has 0 saturated heterocycles. The van der Waals surface area contributed by atoms with Crippen LogP contribution in [0, 0.1) is 0 Å². The summed E-state index contributed by atoms with van der Waals surface area (Å²) < 4.78 is 35.7. The third kappa shape index (κ3) is 4.06. The lowest BCUT2D eigenvalue weighted by molar-refractivity contribution is 0.482. The van der Waals surface area contributed by atoms with E-state index < -0.39 is 15.9 Å². The summed E-state index contributed by atoms with van der Waals surface area (Å²) in [7, 11) is -4.15. The quantitative estimate of drug-likeness (QED) is 0.358. The van der Waals surface area contributed by atoms with Crippen LogP contribution < -0.4 is 4.90 Å². The number of thiophene rings is 1. The van der Waals surface area contributed by atoms with E-state index >= 15 is 0 Å². The zero-order valence-electron chi connectivity index (χ0n) is 14.6. The van der Waals surface area contributed by atoms with Crippen molar-refractivity contribution in [2.24, 2.45) is 0 Å². The maximum absolute atomic E-state index is 11.7. The Morgan fingerprint density at radius 3 is 2.57 bits per heavy atom. The SMILES string of the molecule is CCN1C(=Cc2sc3ccc(Br)cc3c2CS(=O)(=O)O)Sc2ccc(Br)cc21. The van der Waals surface area contributed by atoms with Crippen LogP contribution in [0.5, 0.6) is 0 Å². The molecule has 1 N–H and O–H groups in total. The van der Waals surface area contributed by atoms with Gasteiger partial charge in [-0.1, -0.05) is 43.6 Å². The third-order valence-corrected chi connectivity index (χ3v) is 8.29. The van der Waals surface area contributed by atoms with Gasteiger partial charge in [-0.3, -0.25) is 4.55 Å². The normalized spacial score (nSPS) is 15.6. The van der Waals surface area contributed by atoms with Gasteiger partial charge in [0.15, 0.2) is 0 Å². The second-order valence-corrected chi connectivity index (χ2v) is 11.7. The van der Waals surface area contributed by atoms with Crippen LogP contribution in [0.3, 0.4) is 0 Å².